The second-order valence-corrected chi connectivity index (χ2v) is 3.80. The van der Waals surface area contributed by atoms with Gasteiger partial charge in [0.15, 0.2) is 0 Å². The van der Waals surface area contributed by atoms with Gasteiger partial charge in [0, 0.05) is 7.11 Å². The molecule has 0 bridgehead atoms. The zero-order valence-electron chi connectivity index (χ0n) is 9.45. The molecule has 2 unspecified atom stereocenters. The van der Waals surface area contributed by atoms with Crippen LogP contribution in [0.3, 0.4) is 0 Å². The van der Waals surface area contributed by atoms with E-state index in [2.05, 4.69) is 5.32 Å². The lowest BCUT2D eigenvalue weighted by Crippen LogP contribution is -2.60. The molecule has 0 aromatic heterocycles. The van der Waals surface area contributed by atoms with E-state index in [1.807, 2.05) is 13.8 Å². The fourth-order valence-electron chi connectivity index (χ4n) is 1.72. The summed E-state index contributed by atoms with van der Waals surface area (Å²) >= 11 is 0. The number of carbonyl (C=O) groups is 2. The fourth-order valence-corrected chi connectivity index (χ4v) is 1.72. The Labute approximate surface area is 89.8 Å². The van der Waals surface area contributed by atoms with E-state index < -0.39 is 0 Å². The molecule has 1 aliphatic rings. The highest BCUT2D eigenvalue weighted by Gasteiger charge is 2.33. The van der Waals surface area contributed by atoms with Gasteiger partial charge in [0.25, 0.3) is 0 Å². The lowest BCUT2D eigenvalue weighted by Gasteiger charge is -2.35. The van der Waals surface area contributed by atoms with E-state index in [-0.39, 0.29) is 30.4 Å². The van der Waals surface area contributed by atoms with Crippen LogP contribution in [-0.2, 0) is 14.3 Å². The zero-order valence-corrected chi connectivity index (χ0v) is 9.45. The minimum absolute atomic E-state index is 0.0124. The number of piperazine rings is 1. The second-order valence-electron chi connectivity index (χ2n) is 3.80. The minimum atomic E-state index is -0.370. The molecule has 1 heterocycles. The molecule has 0 aromatic rings. The molecule has 5 nitrogen and oxygen atoms in total. The number of hydrogen-bond donors (Lipinski definition) is 1. The molecule has 0 aromatic carbocycles. The van der Waals surface area contributed by atoms with E-state index in [4.69, 9.17) is 4.74 Å². The summed E-state index contributed by atoms with van der Waals surface area (Å²) in [6.07, 6.45) is 0.626. The summed E-state index contributed by atoms with van der Waals surface area (Å²) in [7, 11) is 1.59. The standard InChI is InChI=1S/C10H18N2O3/c1-4-8-10(14)12(5-9(13)11-8)7(2)6-15-3/h7-8H,4-6H2,1-3H3,(H,11,13). The van der Waals surface area contributed by atoms with Gasteiger partial charge in [-0.3, -0.25) is 9.59 Å². The highest BCUT2D eigenvalue weighted by Crippen LogP contribution is 2.09. The van der Waals surface area contributed by atoms with Gasteiger partial charge in [-0.25, -0.2) is 0 Å². The van der Waals surface area contributed by atoms with Gasteiger partial charge in [-0.05, 0) is 13.3 Å². The van der Waals surface area contributed by atoms with Crippen LogP contribution in [-0.4, -0.2) is 49.1 Å². The lowest BCUT2D eigenvalue weighted by atomic mass is 10.1. The maximum atomic E-state index is 11.9. The van der Waals surface area contributed by atoms with Gasteiger partial charge in [0.2, 0.25) is 11.8 Å². The molecule has 5 heteroatoms. The van der Waals surface area contributed by atoms with E-state index in [1.165, 1.54) is 0 Å². The Hall–Kier alpha value is -1.10. The van der Waals surface area contributed by atoms with E-state index in [0.29, 0.717) is 13.0 Å². The van der Waals surface area contributed by atoms with Crippen LogP contribution in [0.5, 0.6) is 0 Å². The van der Waals surface area contributed by atoms with Crippen molar-refractivity contribution in [3.63, 3.8) is 0 Å². The summed E-state index contributed by atoms with van der Waals surface area (Å²) in [6.45, 7) is 4.36. The Morgan fingerprint density at radius 2 is 2.27 bits per heavy atom. The Morgan fingerprint density at radius 3 is 2.80 bits per heavy atom. The maximum Gasteiger partial charge on any atom is 0.245 e. The van der Waals surface area contributed by atoms with Crippen LogP contribution in [0, 0.1) is 0 Å². The normalized spacial score (nSPS) is 23.9. The highest BCUT2D eigenvalue weighted by molar-refractivity contribution is 5.94. The summed E-state index contributed by atoms with van der Waals surface area (Å²) in [4.78, 5) is 24.8. The third-order valence-corrected chi connectivity index (χ3v) is 2.58. The molecule has 1 rings (SSSR count). The summed E-state index contributed by atoms with van der Waals surface area (Å²) < 4.78 is 4.98. The molecule has 0 saturated carbocycles. The number of hydrogen-bond acceptors (Lipinski definition) is 3. The zero-order chi connectivity index (χ0) is 11.4. The Balaban J connectivity index is 2.69. The number of nitrogens with zero attached hydrogens (tertiary/aromatic N) is 1. The summed E-state index contributed by atoms with van der Waals surface area (Å²) in [6, 6.07) is -0.423. The fraction of sp³-hybridized carbons (Fsp3) is 0.800. The molecule has 1 saturated heterocycles. The first-order chi connectivity index (χ1) is 7.10. The lowest BCUT2D eigenvalue weighted by molar-refractivity contribution is -0.147. The monoisotopic (exact) mass is 214 g/mol. The van der Waals surface area contributed by atoms with E-state index in [1.54, 1.807) is 12.0 Å². The molecular weight excluding hydrogens is 196 g/mol. The first kappa shape index (κ1) is 12.0. The Morgan fingerprint density at radius 1 is 1.60 bits per heavy atom. The maximum absolute atomic E-state index is 11.9. The second kappa shape index (κ2) is 5.11. The SMILES string of the molecule is CCC1NC(=O)CN(C(C)COC)C1=O. The van der Waals surface area contributed by atoms with Crippen molar-refractivity contribution >= 4 is 11.8 Å². The van der Waals surface area contributed by atoms with Crippen molar-refractivity contribution in [3.05, 3.63) is 0 Å². The van der Waals surface area contributed by atoms with Crippen LogP contribution in [0.2, 0.25) is 0 Å². The van der Waals surface area contributed by atoms with Crippen molar-refractivity contribution in [1.82, 2.24) is 10.2 Å². The van der Waals surface area contributed by atoms with Crippen LogP contribution in [0.1, 0.15) is 20.3 Å². The van der Waals surface area contributed by atoms with Gasteiger partial charge in [-0.2, -0.15) is 0 Å². The Kier molecular flexibility index (Phi) is 4.08. The van der Waals surface area contributed by atoms with Gasteiger partial charge < -0.3 is 15.0 Å². The van der Waals surface area contributed by atoms with Crippen molar-refractivity contribution < 1.29 is 14.3 Å². The Bertz CT molecular complexity index is 255. The van der Waals surface area contributed by atoms with Gasteiger partial charge in [0.1, 0.15) is 6.04 Å². The minimum Gasteiger partial charge on any atom is -0.383 e. The van der Waals surface area contributed by atoms with Crippen LogP contribution in [0.15, 0.2) is 0 Å². The molecule has 2 atom stereocenters. The topological polar surface area (TPSA) is 58.6 Å². The predicted octanol–water partition coefficient (Wildman–Crippen LogP) is -0.242. The highest BCUT2D eigenvalue weighted by atomic mass is 16.5. The summed E-state index contributed by atoms with van der Waals surface area (Å²) in [5.41, 5.74) is 0. The summed E-state index contributed by atoms with van der Waals surface area (Å²) in [5, 5.41) is 2.67. The van der Waals surface area contributed by atoms with Crippen LogP contribution < -0.4 is 5.32 Å². The van der Waals surface area contributed by atoms with Crippen molar-refractivity contribution in [2.24, 2.45) is 0 Å². The van der Waals surface area contributed by atoms with Crippen LogP contribution in [0.25, 0.3) is 0 Å². The van der Waals surface area contributed by atoms with Crippen molar-refractivity contribution in [3.8, 4) is 0 Å². The van der Waals surface area contributed by atoms with Crippen molar-refractivity contribution in [1.29, 1.82) is 0 Å². The van der Waals surface area contributed by atoms with Gasteiger partial charge in [-0.1, -0.05) is 6.92 Å². The van der Waals surface area contributed by atoms with E-state index >= 15 is 0 Å². The molecule has 0 aliphatic carbocycles. The van der Waals surface area contributed by atoms with Gasteiger partial charge in [0.05, 0.1) is 19.2 Å². The third kappa shape index (κ3) is 2.68. The molecule has 1 aliphatic heterocycles. The van der Waals surface area contributed by atoms with Gasteiger partial charge in [-0.15, -0.1) is 0 Å². The van der Waals surface area contributed by atoms with E-state index in [0.717, 1.165) is 0 Å². The van der Waals surface area contributed by atoms with E-state index in [9.17, 15) is 9.59 Å². The van der Waals surface area contributed by atoms with Gasteiger partial charge >= 0.3 is 0 Å². The average molecular weight is 214 g/mol. The molecule has 1 fully saturated rings. The smallest absolute Gasteiger partial charge is 0.245 e. The van der Waals surface area contributed by atoms with Crippen molar-refractivity contribution in [2.45, 2.75) is 32.4 Å². The molecule has 2 amide bonds. The summed E-state index contributed by atoms with van der Waals surface area (Å²) in [5.74, 6) is -0.106. The molecule has 1 N–H and O–H groups in total. The molecular formula is C10H18N2O3. The molecule has 15 heavy (non-hydrogen) atoms. The number of ether oxygens (including phenoxy) is 1. The number of carbonyl (C=O) groups excluding carboxylic acids is 2. The average Bonchev–Trinajstić information content (AvgIpc) is 2.21. The number of methoxy groups -OCH3 is 1. The largest absolute Gasteiger partial charge is 0.383 e. The predicted molar refractivity (Wildman–Crippen MR) is 55.3 cm³/mol. The number of nitrogens with one attached hydrogen (secondary N) is 1. The molecule has 0 spiro atoms. The van der Waals surface area contributed by atoms with Crippen LogP contribution in [0.4, 0.5) is 0 Å². The van der Waals surface area contributed by atoms with Crippen LogP contribution >= 0.6 is 0 Å². The molecule has 86 valence electrons. The first-order valence-corrected chi connectivity index (χ1v) is 5.19. The number of rotatable bonds is 4. The first-order valence-electron chi connectivity index (χ1n) is 5.19. The molecule has 0 radical (unpaired) electrons. The third-order valence-electron chi connectivity index (χ3n) is 2.58. The quantitative estimate of drug-likeness (QED) is 0.702. The number of amides is 2. The van der Waals surface area contributed by atoms with Crippen molar-refractivity contribution in [2.75, 3.05) is 20.3 Å².